The van der Waals surface area contributed by atoms with E-state index in [1.807, 2.05) is 6.07 Å². The monoisotopic (exact) mass is 295 g/mol. The van der Waals surface area contributed by atoms with Gasteiger partial charge < -0.3 is 10.1 Å². The lowest BCUT2D eigenvalue weighted by molar-refractivity contribution is 0.301. The van der Waals surface area contributed by atoms with Crippen molar-refractivity contribution in [3.63, 3.8) is 0 Å². The van der Waals surface area contributed by atoms with E-state index in [1.54, 1.807) is 0 Å². The van der Waals surface area contributed by atoms with E-state index in [1.165, 1.54) is 42.4 Å². The first-order valence-corrected chi connectivity index (χ1v) is 8.31. The molecule has 0 aromatic heterocycles. The minimum absolute atomic E-state index is 0.626. The van der Waals surface area contributed by atoms with E-state index in [0.717, 1.165) is 12.3 Å². The molecule has 0 atom stereocenters. The molecule has 0 aliphatic heterocycles. The molecular weight excluding hydrogens is 270 g/mol. The highest BCUT2D eigenvalue weighted by Gasteiger charge is 2.14. The summed E-state index contributed by atoms with van der Waals surface area (Å²) in [6, 6.07) is 17.6. The zero-order chi connectivity index (χ0) is 15.2. The van der Waals surface area contributed by atoms with Gasteiger partial charge in [-0.05, 0) is 31.4 Å². The lowest BCUT2D eigenvalue weighted by Gasteiger charge is -2.15. The summed E-state index contributed by atoms with van der Waals surface area (Å²) in [4.78, 5) is 0. The van der Waals surface area contributed by atoms with Gasteiger partial charge >= 0.3 is 0 Å². The molecule has 22 heavy (non-hydrogen) atoms. The highest BCUT2D eigenvalue weighted by atomic mass is 16.5. The highest BCUT2D eigenvalue weighted by molar-refractivity contribution is 5.33. The molecule has 2 nitrogen and oxygen atoms in total. The lowest BCUT2D eigenvalue weighted by atomic mass is 10.1. The van der Waals surface area contributed by atoms with Gasteiger partial charge in [-0.3, -0.25) is 0 Å². The smallest absolute Gasteiger partial charge is 0.124 e. The van der Waals surface area contributed by atoms with Gasteiger partial charge in [0.15, 0.2) is 0 Å². The summed E-state index contributed by atoms with van der Waals surface area (Å²) < 4.78 is 6.04. The number of hydrogen-bond acceptors (Lipinski definition) is 2. The van der Waals surface area contributed by atoms with E-state index in [-0.39, 0.29) is 0 Å². The SMILES string of the molecule is Cc1ccc(COc2ccccc2CNC2CCCC2)cc1. The number of aryl methyl sites for hydroxylation is 1. The normalized spacial score (nSPS) is 15.1. The fourth-order valence-electron chi connectivity index (χ4n) is 3.02. The molecule has 3 rings (SSSR count). The zero-order valence-electron chi connectivity index (χ0n) is 13.3. The third-order valence-corrected chi connectivity index (χ3v) is 4.42. The summed E-state index contributed by atoms with van der Waals surface area (Å²) in [6.45, 7) is 3.63. The van der Waals surface area contributed by atoms with Gasteiger partial charge in [0.2, 0.25) is 0 Å². The molecule has 2 aromatic carbocycles. The average Bonchev–Trinajstić information content (AvgIpc) is 3.07. The Bertz CT molecular complexity index is 585. The molecule has 0 spiro atoms. The molecule has 0 heterocycles. The molecule has 1 aliphatic rings. The van der Waals surface area contributed by atoms with E-state index >= 15 is 0 Å². The van der Waals surface area contributed by atoms with Crippen LogP contribution in [0, 0.1) is 6.92 Å². The first-order chi connectivity index (χ1) is 10.8. The molecule has 2 aromatic rings. The van der Waals surface area contributed by atoms with Crippen LogP contribution in [0.25, 0.3) is 0 Å². The molecule has 116 valence electrons. The predicted octanol–water partition coefficient (Wildman–Crippen LogP) is 4.61. The van der Waals surface area contributed by atoms with E-state index < -0.39 is 0 Å². The Kier molecular flexibility index (Phi) is 5.12. The van der Waals surface area contributed by atoms with E-state index in [2.05, 4.69) is 54.7 Å². The number of para-hydroxylation sites is 1. The van der Waals surface area contributed by atoms with Crippen LogP contribution in [0.1, 0.15) is 42.4 Å². The van der Waals surface area contributed by atoms with Crippen LogP contribution < -0.4 is 10.1 Å². The Morgan fingerprint density at radius 2 is 1.73 bits per heavy atom. The molecule has 0 amide bonds. The summed E-state index contributed by atoms with van der Waals surface area (Å²) in [5.74, 6) is 0.994. The molecule has 1 aliphatic carbocycles. The van der Waals surface area contributed by atoms with Crippen molar-refractivity contribution in [2.24, 2.45) is 0 Å². The van der Waals surface area contributed by atoms with Gasteiger partial charge in [0.05, 0.1) is 0 Å². The summed E-state index contributed by atoms with van der Waals surface area (Å²) in [5.41, 5.74) is 3.75. The Morgan fingerprint density at radius 3 is 2.50 bits per heavy atom. The van der Waals surface area contributed by atoms with Gasteiger partial charge in [0.25, 0.3) is 0 Å². The van der Waals surface area contributed by atoms with Crippen LogP contribution in [0.3, 0.4) is 0 Å². The first-order valence-electron chi connectivity index (χ1n) is 8.31. The first kappa shape index (κ1) is 15.1. The van der Waals surface area contributed by atoms with Crippen molar-refractivity contribution in [1.82, 2.24) is 5.32 Å². The summed E-state index contributed by atoms with van der Waals surface area (Å²) in [5, 5.41) is 3.66. The number of benzene rings is 2. The van der Waals surface area contributed by atoms with Gasteiger partial charge in [-0.25, -0.2) is 0 Å². The van der Waals surface area contributed by atoms with E-state index in [9.17, 15) is 0 Å². The quantitative estimate of drug-likeness (QED) is 0.840. The van der Waals surface area contributed by atoms with Crippen LogP contribution >= 0.6 is 0 Å². The molecule has 2 heteroatoms. The second-order valence-electron chi connectivity index (χ2n) is 6.24. The molecule has 0 unspecified atom stereocenters. The van der Waals surface area contributed by atoms with Crippen molar-refractivity contribution in [3.8, 4) is 5.75 Å². The van der Waals surface area contributed by atoms with Crippen molar-refractivity contribution in [1.29, 1.82) is 0 Å². The maximum atomic E-state index is 6.04. The highest BCUT2D eigenvalue weighted by Crippen LogP contribution is 2.22. The molecule has 0 bridgehead atoms. The zero-order valence-corrected chi connectivity index (χ0v) is 13.3. The van der Waals surface area contributed by atoms with Gasteiger partial charge in [0.1, 0.15) is 12.4 Å². The Hall–Kier alpha value is -1.80. The predicted molar refractivity (Wildman–Crippen MR) is 91.0 cm³/mol. The third kappa shape index (κ3) is 4.11. The second-order valence-corrected chi connectivity index (χ2v) is 6.24. The molecule has 1 N–H and O–H groups in total. The van der Waals surface area contributed by atoms with Crippen LogP contribution in [-0.2, 0) is 13.2 Å². The van der Waals surface area contributed by atoms with E-state index in [4.69, 9.17) is 4.74 Å². The molecule has 1 saturated carbocycles. The van der Waals surface area contributed by atoms with Crippen molar-refractivity contribution >= 4 is 0 Å². The van der Waals surface area contributed by atoms with Crippen molar-refractivity contribution in [2.75, 3.05) is 0 Å². The number of rotatable bonds is 6. The van der Waals surface area contributed by atoms with Crippen molar-refractivity contribution in [3.05, 3.63) is 65.2 Å². The van der Waals surface area contributed by atoms with Crippen LogP contribution in [0.4, 0.5) is 0 Å². The number of nitrogens with one attached hydrogen (secondary N) is 1. The minimum atomic E-state index is 0.626. The molecular formula is C20H25NO. The Morgan fingerprint density at radius 1 is 1.00 bits per heavy atom. The summed E-state index contributed by atoms with van der Waals surface area (Å²) in [7, 11) is 0. The number of ether oxygens (including phenoxy) is 1. The summed E-state index contributed by atoms with van der Waals surface area (Å²) >= 11 is 0. The summed E-state index contributed by atoms with van der Waals surface area (Å²) in [6.07, 6.45) is 5.35. The largest absolute Gasteiger partial charge is 0.489 e. The number of hydrogen-bond donors (Lipinski definition) is 1. The van der Waals surface area contributed by atoms with Gasteiger partial charge in [-0.1, -0.05) is 60.9 Å². The fourth-order valence-corrected chi connectivity index (χ4v) is 3.02. The minimum Gasteiger partial charge on any atom is -0.489 e. The molecule has 1 fully saturated rings. The van der Waals surface area contributed by atoms with E-state index in [0.29, 0.717) is 12.6 Å². The molecule has 0 saturated heterocycles. The Balaban J connectivity index is 1.59. The van der Waals surface area contributed by atoms with Gasteiger partial charge in [-0.15, -0.1) is 0 Å². The molecule has 0 radical (unpaired) electrons. The third-order valence-electron chi connectivity index (χ3n) is 4.42. The lowest BCUT2D eigenvalue weighted by Crippen LogP contribution is -2.25. The van der Waals surface area contributed by atoms with Crippen LogP contribution in [0.2, 0.25) is 0 Å². The van der Waals surface area contributed by atoms with Crippen molar-refractivity contribution in [2.45, 2.75) is 51.8 Å². The van der Waals surface area contributed by atoms with Crippen LogP contribution in [-0.4, -0.2) is 6.04 Å². The van der Waals surface area contributed by atoms with Crippen LogP contribution in [0.15, 0.2) is 48.5 Å². The maximum absolute atomic E-state index is 6.04. The van der Waals surface area contributed by atoms with Crippen molar-refractivity contribution < 1.29 is 4.74 Å². The fraction of sp³-hybridized carbons (Fsp3) is 0.400. The Labute approximate surface area is 133 Å². The average molecular weight is 295 g/mol. The van der Waals surface area contributed by atoms with Crippen LogP contribution in [0.5, 0.6) is 5.75 Å². The van der Waals surface area contributed by atoms with Gasteiger partial charge in [-0.2, -0.15) is 0 Å². The maximum Gasteiger partial charge on any atom is 0.124 e. The second kappa shape index (κ2) is 7.46. The standard InChI is InChI=1S/C20H25NO/c1-16-10-12-17(13-11-16)15-22-20-9-5-2-6-18(20)14-21-19-7-3-4-8-19/h2,5-6,9-13,19,21H,3-4,7-8,14-15H2,1H3. The van der Waals surface area contributed by atoms with Gasteiger partial charge in [0, 0.05) is 18.2 Å². The topological polar surface area (TPSA) is 21.3 Å².